The second-order valence-electron chi connectivity index (χ2n) is 5.66. The molecule has 6 nitrogen and oxygen atoms in total. The number of H-pyrrole nitrogens is 1. The lowest BCUT2D eigenvalue weighted by Gasteiger charge is -2.12. The summed E-state index contributed by atoms with van der Waals surface area (Å²) in [5, 5.41) is 7.34. The van der Waals surface area contributed by atoms with Crippen molar-refractivity contribution in [1.82, 2.24) is 20.5 Å². The number of hydrogen-bond donors (Lipinski definition) is 3. The summed E-state index contributed by atoms with van der Waals surface area (Å²) in [6.45, 7) is 3.45. The van der Waals surface area contributed by atoms with E-state index in [9.17, 15) is 9.18 Å². The maximum atomic E-state index is 13.2. The van der Waals surface area contributed by atoms with E-state index in [4.69, 9.17) is 0 Å². The first kappa shape index (κ1) is 21.2. The molecule has 0 saturated carbocycles. The molecule has 2 rings (SSSR count). The summed E-state index contributed by atoms with van der Waals surface area (Å²) in [5.41, 5.74) is 1.90. The van der Waals surface area contributed by atoms with Crippen LogP contribution in [0.25, 0.3) is 10.9 Å². The van der Waals surface area contributed by atoms with Crippen LogP contribution < -0.4 is 10.6 Å². The van der Waals surface area contributed by atoms with Crippen molar-refractivity contribution in [3.8, 4) is 0 Å². The molecule has 2 aromatic rings. The van der Waals surface area contributed by atoms with Gasteiger partial charge >= 0.3 is 0 Å². The van der Waals surface area contributed by atoms with E-state index in [0.717, 1.165) is 22.9 Å². The molecule has 8 heteroatoms. The topological polar surface area (TPSA) is 72.5 Å². The minimum atomic E-state index is -0.249. The third kappa shape index (κ3) is 6.18. The average Bonchev–Trinajstić information content (AvgIpc) is 2.94. The van der Waals surface area contributed by atoms with Crippen molar-refractivity contribution in [2.75, 3.05) is 33.7 Å². The number of hydrogen-bond acceptors (Lipinski definition) is 2. The Hall–Kier alpha value is -1.84. The number of halogens is 2. The molecule has 0 saturated heterocycles. The fraction of sp³-hybridized carbons (Fsp3) is 0.412. The van der Waals surface area contributed by atoms with E-state index in [1.54, 1.807) is 20.2 Å². The van der Waals surface area contributed by atoms with Crippen LogP contribution in [0.1, 0.15) is 12.5 Å². The number of fused-ring (bicyclic) bond motifs is 1. The smallest absolute Gasteiger partial charge is 0.243 e. The van der Waals surface area contributed by atoms with E-state index >= 15 is 0 Å². The highest BCUT2D eigenvalue weighted by Crippen LogP contribution is 2.19. The Kier molecular flexibility index (Phi) is 8.67. The Labute approximate surface area is 164 Å². The molecule has 0 aliphatic rings. The van der Waals surface area contributed by atoms with Crippen molar-refractivity contribution in [3.63, 3.8) is 0 Å². The maximum absolute atomic E-state index is 13.2. The SMILES string of the molecule is CCNC(=NCC(=O)N(C)C)NCCc1c[nH]c2cc(F)ccc12.I. The number of aromatic amines is 1. The van der Waals surface area contributed by atoms with Gasteiger partial charge in [0, 0.05) is 44.3 Å². The monoisotopic (exact) mass is 461 g/mol. The molecule has 1 aromatic heterocycles. The van der Waals surface area contributed by atoms with Gasteiger partial charge in [-0.3, -0.25) is 4.79 Å². The van der Waals surface area contributed by atoms with Gasteiger partial charge in [0.1, 0.15) is 12.4 Å². The minimum absolute atomic E-state index is 0. The van der Waals surface area contributed by atoms with Crippen LogP contribution in [0.3, 0.4) is 0 Å². The number of amides is 1. The molecule has 0 aliphatic heterocycles. The predicted octanol–water partition coefficient (Wildman–Crippen LogP) is 2.11. The number of nitrogens with one attached hydrogen (secondary N) is 3. The fourth-order valence-corrected chi connectivity index (χ4v) is 2.31. The highest BCUT2D eigenvalue weighted by Gasteiger charge is 2.06. The highest BCUT2D eigenvalue weighted by atomic mass is 127. The van der Waals surface area contributed by atoms with Gasteiger partial charge in [0.25, 0.3) is 0 Å². The van der Waals surface area contributed by atoms with Gasteiger partial charge in [-0.1, -0.05) is 0 Å². The summed E-state index contributed by atoms with van der Waals surface area (Å²) >= 11 is 0. The number of likely N-dealkylation sites (N-methyl/N-ethyl adjacent to an activating group) is 1. The zero-order valence-electron chi connectivity index (χ0n) is 14.7. The molecule has 0 fully saturated rings. The number of nitrogens with zero attached hydrogens (tertiary/aromatic N) is 2. The fourth-order valence-electron chi connectivity index (χ4n) is 2.31. The molecular weight excluding hydrogens is 436 g/mol. The van der Waals surface area contributed by atoms with E-state index < -0.39 is 0 Å². The predicted molar refractivity (Wildman–Crippen MR) is 110 cm³/mol. The Morgan fingerprint density at radius 1 is 1.32 bits per heavy atom. The first-order valence-electron chi connectivity index (χ1n) is 7.99. The van der Waals surface area contributed by atoms with Gasteiger partial charge in [-0.05, 0) is 37.1 Å². The van der Waals surface area contributed by atoms with Gasteiger partial charge in [-0.25, -0.2) is 9.38 Å². The lowest BCUT2D eigenvalue weighted by molar-refractivity contribution is -0.127. The van der Waals surface area contributed by atoms with Gasteiger partial charge in [-0.2, -0.15) is 0 Å². The summed E-state index contributed by atoms with van der Waals surface area (Å²) in [5.74, 6) is 0.311. The standard InChI is InChI=1S/C17H24FN5O.HI/c1-4-19-17(22-11-16(24)23(2)3)20-8-7-12-10-21-15-9-13(18)5-6-14(12)15;/h5-6,9-10,21H,4,7-8,11H2,1-3H3,(H2,19,20,22);1H. The molecule has 0 aliphatic carbocycles. The van der Waals surface area contributed by atoms with E-state index in [1.807, 2.05) is 13.1 Å². The molecule has 25 heavy (non-hydrogen) atoms. The van der Waals surface area contributed by atoms with Gasteiger partial charge < -0.3 is 20.5 Å². The first-order chi connectivity index (χ1) is 11.5. The lowest BCUT2D eigenvalue weighted by Crippen LogP contribution is -2.39. The van der Waals surface area contributed by atoms with Crippen molar-refractivity contribution in [2.24, 2.45) is 4.99 Å². The Morgan fingerprint density at radius 3 is 2.76 bits per heavy atom. The number of aromatic nitrogens is 1. The molecule has 1 heterocycles. The highest BCUT2D eigenvalue weighted by molar-refractivity contribution is 14.0. The van der Waals surface area contributed by atoms with E-state index in [-0.39, 0.29) is 42.2 Å². The molecule has 1 amide bonds. The van der Waals surface area contributed by atoms with Crippen LogP contribution in [0.2, 0.25) is 0 Å². The number of benzene rings is 1. The molecule has 0 spiro atoms. The summed E-state index contributed by atoms with van der Waals surface area (Å²) in [6.07, 6.45) is 2.66. The Bertz CT molecular complexity index is 729. The van der Waals surface area contributed by atoms with Crippen LogP contribution >= 0.6 is 24.0 Å². The van der Waals surface area contributed by atoms with E-state index in [2.05, 4.69) is 20.6 Å². The number of aliphatic imine (C=N–C) groups is 1. The van der Waals surface area contributed by atoms with Gasteiger partial charge in [0.2, 0.25) is 5.91 Å². The minimum Gasteiger partial charge on any atom is -0.361 e. The normalized spacial score (nSPS) is 11.1. The zero-order chi connectivity index (χ0) is 17.5. The Morgan fingerprint density at radius 2 is 2.08 bits per heavy atom. The zero-order valence-corrected chi connectivity index (χ0v) is 17.1. The van der Waals surface area contributed by atoms with Crippen molar-refractivity contribution >= 4 is 46.7 Å². The summed E-state index contributed by atoms with van der Waals surface area (Å²) < 4.78 is 13.2. The van der Waals surface area contributed by atoms with Crippen LogP contribution in [0.5, 0.6) is 0 Å². The molecule has 3 N–H and O–H groups in total. The van der Waals surface area contributed by atoms with Crippen LogP contribution in [-0.4, -0.2) is 55.5 Å². The van der Waals surface area contributed by atoms with Crippen molar-refractivity contribution < 1.29 is 9.18 Å². The molecule has 0 unspecified atom stereocenters. The van der Waals surface area contributed by atoms with Crippen molar-refractivity contribution in [3.05, 3.63) is 35.8 Å². The summed E-state index contributed by atoms with van der Waals surface area (Å²) in [7, 11) is 3.41. The lowest BCUT2D eigenvalue weighted by atomic mass is 10.1. The molecule has 0 radical (unpaired) electrons. The van der Waals surface area contributed by atoms with Gasteiger partial charge in [-0.15, -0.1) is 24.0 Å². The Balaban J connectivity index is 0.00000312. The number of rotatable bonds is 6. The molecular formula is C17H25FIN5O. The van der Waals surface area contributed by atoms with Gasteiger partial charge in [0.15, 0.2) is 5.96 Å². The number of guanidine groups is 1. The molecule has 1 aromatic carbocycles. The number of carbonyl (C=O) groups excluding carboxylic acids is 1. The van der Waals surface area contributed by atoms with Crippen molar-refractivity contribution in [2.45, 2.75) is 13.3 Å². The largest absolute Gasteiger partial charge is 0.361 e. The summed E-state index contributed by atoms with van der Waals surface area (Å²) in [4.78, 5) is 20.5. The average molecular weight is 461 g/mol. The second kappa shape index (κ2) is 10.2. The first-order valence-corrected chi connectivity index (χ1v) is 7.99. The quantitative estimate of drug-likeness (QED) is 0.351. The molecule has 138 valence electrons. The third-order valence-corrected chi connectivity index (χ3v) is 3.63. The van der Waals surface area contributed by atoms with E-state index in [0.29, 0.717) is 19.0 Å². The van der Waals surface area contributed by atoms with E-state index in [1.165, 1.54) is 17.0 Å². The van der Waals surface area contributed by atoms with Gasteiger partial charge in [0.05, 0.1) is 0 Å². The van der Waals surface area contributed by atoms with Crippen LogP contribution in [0, 0.1) is 5.82 Å². The molecule has 0 atom stereocenters. The van der Waals surface area contributed by atoms with Crippen molar-refractivity contribution in [1.29, 1.82) is 0 Å². The number of carbonyl (C=O) groups is 1. The molecule has 0 bridgehead atoms. The summed E-state index contributed by atoms with van der Waals surface area (Å²) in [6, 6.07) is 4.74. The third-order valence-electron chi connectivity index (χ3n) is 3.63. The van der Waals surface area contributed by atoms with Crippen LogP contribution in [-0.2, 0) is 11.2 Å². The van der Waals surface area contributed by atoms with Crippen LogP contribution in [0.15, 0.2) is 29.4 Å². The maximum Gasteiger partial charge on any atom is 0.243 e. The second-order valence-corrected chi connectivity index (χ2v) is 5.66. The van der Waals surface area contributed by atoms with Crippen LogP contribution in [0.4, 0.5) is 4.39 Å².